The van der Waals surface area contributed by atoms with Crippen molar-refractivity contribution in [3.8, 4) is 0 Å². The molecule has 2 rings (SSSR count). The molecular weight excluding hydrogens is 208 g/mol. The maximum Gasteiger partial charge on any atom is 0.0382 e. The van der Waals surface area contributed by atoms with Crippen LogP contribution < -0.4 is 11.1 Å². The molecule has 0 bridgehead atoms. The minimum Gasteiger partial charge on any atom is -0.388 e. The van der Waals surface area contributed by atoms with Crippen LogP contribution in [-0.2, 0) is 5.41 Å². The number of aryl methyl sites for hydroxylation is 1. The van der Waals surface area contributed by atoms with Crippen molar-refractivity contribution in [3.63, 3.8) is 0 Å². The molecule has 17 heavy (non-hydrogen) atoms. The second-order valence-corrected chi connectivity index (χ2v) is 4.60. The van der Waals surface area contributed by atoms with E-state index in [0.717, 1.165) is 6.42 Å². The lowest BCUT2D eigenvalue weighted by Crippen LogP contribution is -2.35. The molecular formula is C15H20N2. The molecule has 0 aromatic heterocycles. The van der Waals surface area contributed by atoms with Gasteiger partial charge in [0.05, 0.1) is 0 Å². The number of rotatable bonds is 3. The fraction of sp³-hybridized carbons (Fsp3) is 0.333. The number of allylic oxidation sites excluding steroid dienone is 3. The summed E-state index contributed by atoms with van der Waals surface area (Å²) in [5.74, 6) is 0. The van der Waals surface area contributed by atoms with Crippen LogP contribution in [-0.4, -0.2) is 13.6 Å². The number of hydrogen-bond acceptors (Lipinski definition) is 2. The van der Waals surface area contributed by atoms with Crippen molar-refractivity contribution in [3.05, 3.63) is 53.6 Å². The van der Waals surface area contributed by atoms with Gasteiger partial charge in [-0.1, -0.05) is 36.4 Å². The van der Waals surface area contributed by atoms with Crippen molar-refractivity contribution in [2.24, 2.45) is 5.73 Å². The molecule has 1 aliphatic rings. The number of hydrogen-bond donors (Lipinski definition) is 2. The van der Waals surface area contributed by atoms with Gasteiger partial charge in [-0.05, 0) is 30.5 Å². The van der Waals surface area contributed by atoms with Crippen LogP contribution in [0.15, 0.2) is 42.5 Å². The molecule has 0 fully saturated rings. The summed E-state index contributed by atoms with van der Waals surface area (Å²) in [4.78, 5) is 0. The van der Waals surface area contributed by atoms with E-state index in [4.69, 9.17) is 5.73 Å². The van der Waals surface area contributed by atoms with Crippen molar-refractivity contribution in [2.45, 2.75) is 18.8 Å². The van der Waals surface area contributed by atoms with E-state index in [1.807, 2.05) is 7.05 Å². The quantitative estimate of drug-likeness (QED) is 0.835. The average molecular weight is 228 g/mol. The molecule has 0 saturated carbocycles. The zero-order chi connectivity index (χ0) is 12.3. The summed E-state index contributed by atoms with van der Waals surface area (Å²) in [7, 11) is 1.96. The van der Waals surface area contributed by atoms with E-state index >= 15 is 0 Å². The predicted molar refractivity (Wildman–Crippen MR) is 74.4 cm³/mol. The number of benzene rings is 1. The van der Waals surface area contributed by atoms with E-state index in [0.29, 0.717) is 6.54 Å². The molecule has 1 aromatic rings. The Morgan fingerprint density at radius 3 is 2.76 bits per heavy atom. The van der Waals surface area contributed by atoms with Gasteiger partial charge in [0.15, 0.2) is 0 Å². The highest BCUT2D eigenvalue weighted by molar-refractivity contribution is 5.60. The summed E-state index contributed by atoms with van der Waals surface area (Å²) in [5, 5.41) is 3.28. The highest BCUT2D eigenvalue weighted by atomic mass is 14.8. The van der Waals surface area contributed by atoms with Gasteiger partial charge in [0.1, 0.15) is 0 Å². The van der Waals surface area contributed by atoms with Crippen LogP contribution in [0.2, 0.25) is 0 Å². The molecule has 0 saturated heterocycles. The fourth-order valence-electron chi connectivity index (χ4n) is 2.64. The minimum atomic E-state index is -0.0571. The Morgan fingerprint density at radius 1 is 1.35 bits per heavy atom. The van der Waals surface area contributed by atoms with E-state index < -0.39 is 0 Å². The zero-order valence-corrected chi connectivity index (χ0v) is 10.5. The van der Waals surface area contributed by atoms with Gasteiger partial charge in [-0.15, -0.1) is 0 Å². The Balaban J connectivity index is 2.58. The van der Waals surface area contributed by atoms with Crippen molar-refractivity contribution >= 4 is 5.69 Å². The molecule has 0 spiro atoms. The first-order chi connectivity index (χ1) is 8.23. The summed E-state index contributed by atoms with van der Waals surface area (Å²) in [6.07, 6.45) is 9.59. The summed E-state index contributed by atoms with van der Waals surface area (Å²) in [5.41, 5.74) is 9.79. The molecule has 3 N–H and O–H groups in total. The number of anilines is 1. The molecule has 90 valence electrons. The number of nitrogens with one attached hydrogen (secondary N) is 1. The highest BCUT2D eigenvalue weighted by Crippen LogP contribution is 2.38. The summed E-state index contributed by atoms with van der Waals surface area (Å²) in [6.45, 7) is 2.78. The van der Waals surface area contributed by atoms with Crippen LogP contribution in [0.1, 0.15) is 17.5 Å². The van der Waals surface area contributed by atoms with Gasteiger partial charge in [0, 0.05) is 24.7 Å². The maximum atomic E-state index is 6.05. The van der Waals surface area contributed by atoms with Crippen molar-refractivity contribution < 1.29 is 0 Å². The van der Waals surface area contributed by atoms with Gasteiger partial charge in [0.25, 0.3) is 0 Å². The zero-order valence-electron chi connectivity index (χ0n) is 10.5. The fourth-order valence-corrected chi connectivity index (χ4v) is 2.64. The van der Waals surface area contributed by atoms with Crippen LogP contribution in [0.3, 0.4) is 0 Å². The molecule has 2 heteroatoms. The van der Waals surface area contributed by atoms with Crippen LogP contribution in [0.25, 0.3) is 0 Å². The van der Waals surface area contributed by atoms with Gasteiger partial charge in [-0.2, -0.15) is 0 Å². The van der Waals surface area contributed by atoms with Gasteiger partial charge in [0.2, 0.25) is 0 Å². The molecule has 2 nitrogen and oxygen atoms in total. The molecule has 1 aliphatic carbocycles. The smallest absolute Gasteiger partial charge is 0.0382 e. The molecule has 1 unspecified atom stereocenters. The first-order valence-electron chi connectivity index (χ1n) is 6.06. The molecule has 0 aliphatic heterocycles. The van der Waals surface area contributed by atoms with Crippen LogP contribution in [0.5, 0.6) is 0 Å². The lowest BCUT2D eigenvalue weighted by Gasteiger charge is -2.33. The van der Waals surface area contributed by atoms with Crippen molar-refractivity contribution in [1.82, 2.24) is 0 Å². The third kappa shape index (κ3) is 2.01. The number of nitrogens with two attached hydrogens (primary N) is 1. The molecule has 1 atom stereocenters. The summed E-state index contributed by atoms with van der Waals surface area (Å²) < 4.78 is 0. The molecule has 0 radical (unpaired) electrons. The summed E-state index contributed by atoms with van der Waals surface area (Å²) >= 11 is 0. The lowest BCUT2D eigenvalue weighted by molar-refractivity contribution is 0.548. The van der Waals surface area contributed by atoms with Crippen molar-refractivity contribution in [1.29, 1.82) is 0 Å². The van der Waals surface area contributed by atoms with Crippen LogP contribution in [0, 0.1) is 6.92 Å². The molecule has 1 aromatic carbocycles. The summed E-state index contributed by atoms with van der Waals surface area (Å²) in [6, 6.07) is 6.35. The van der Waals surface area contributed by atoms with Gasteiger partial charge in [-0.3, -0.25) is 0 Å². The van der Waals surface area contributed by atoms with Gasteiger partial charge < -0.3 is 11.1 Å². The monoisotopic (exact) mass is 228 g/mol. The van der Waals surface area contributed by atoms with E-state index in [1.165, 1.54) is 16.8 Å². The minimum absolute atomic E-state index is 0.0571. The van der Waals surface area contributed by atoms with E-state index in [9.17, 15) is 0 Å². The Morgan fingerprint density at radius 2 is 2.18 bits per heavy atom. The molecule has 0 amide bonds. The normalized spacial score (nSPS) is 22.8. The third-order valence-corrected chi connectivity index (χ3v) is 3.55. The van der Waals surface area contributed by atoms with E-state index in [2.05, 4.69) is 54.7 Å². The first-order valence-corrected chi connectivity index (χ1v) is 6.06. The van der Waals surface area contributed by atoms with Crippen molar-refractivity contribution in [2.75, 3.05) is 18.9 Å². The van der Waals surface area contributed by atoms with Gasteiger partial charge in [-0.25, -0.2) is 0 Å². The Bertz CT molecular complexity index is 460. The topological polar surface area (TPSA) is 38.0 Å². The highest BCUT2D eigenvalue weighted by Gasteiger charge is 2.31. The lowest BCUT2D eigenvalue weighted by atomic mass is 9.73. The maximum absolute atomic E-state index is 6.05. The average Bonchev–Trinajstić information content (AvgIpc) is 2.39. The van der Waals surface area contributed by atoms with E-state index in [-0.39, 0.29) is 5.41 Å². The Hall–Kier alpha value is -1.54. The predicted octanol–water partition coefficient (Wildman–Crippen LogP) is 2.75. The first kappa shape index (κ1) is 11.9. The second-order valence-electron chi connectivity index (χ2n) is 4.60. The second kappa shape index (κ2) is 4.76. The third-order valence-electron chi connectivity index (χ3n) is 3.55. The van der Waals surface area contributed by atoms with Crippen LogP contribution >= 0.6 is 0 Å². The van der Waals surface area contributed by atoms with Gasteiger partial charge >= 0.3 is 0 Å². The largest absolute Gasteiger partial charge is 0.388 e. The van der Waals surface area contributed by atoms with Crippen LogP contribution in [0.4, 0.5) is 5.69 Å². The standard InChI is InChI=1S/C15H20N2/c1-12-7-6-8-13(17-2)14(12)15(11-16)9-4-3-5-10-15/h3-9,17H,10-11,16H2,1-2H3. The molecule has 0 heterocycles. The Labute approximate surface area is 103 Å². The van der Waals surface area contributed by atoms with E-state index in [1.54, 1.807) is 0 Å². The SMILES string of the molecule is CNc1cccc(C)c1C1(CN)C=CC=CC1. The Kier molecular flexibility index (Phi) is 3.34.